The number of aryl methyl sites for hydroxylation is 2. The Morgan fingerprint density at radius 1 is 0.387 bits per heavy atom. The zero-order valence-corrected chi connectivity index (χ0v) is 34.8. The highest BCUT2D eigenvalue weighted by Crippen LogP contribution is 2.47. The average Bonchev–Trinajstić information content (AvgIpc) is 3.32. The van der Waals surface area contributed by atoms with Crippen LogP contribution in [0, 0.1) is 25.5 Å². The zero-order valence-electron chi connectivity index (χ0n) is 33.9. The number of para-hydroxylation sites is 1. The topological polar surface area (TPSA) is 42.9 Å². The molecule has 0 fully saturated rings. The number of halogens is 2. The van der Waals surface area contributed by atoms with E-state index in [9.17, 15) is 8.78 Å². The van der Waals surface area contributed by atoms with Crippen LogP contribution < -0.4 is 15.9 Å². The van der Waals surface area contributed by atoms with E-state index in [0.29, 0.717) is 0 Å². The van der Waals surface area contributed by atoms with E-state index in [0.717, 1.165) is 115 Å². The summed E-state index contributed by atoms with van der Waals surface area (Å²) in [5.74, 6) is -0.617. The molecule has 0 saturated heterocycles. The molecule has 62 heavy (non-hydrogen) atoms. The molecule has 11 aromatic rings. The van der Waals surface area contributed by atoms with Crippen molar-refractivity contribution in [1.82, 2.24) is 9.97 Å². The van der Waals surface area contributed by atoms with E-state index in [-0.39, 0.29) is 11.6 Å². The molecule has 3 nitrogen and oxygen atoms in total. The molecule has 2 aromatic heterocycles. The third-order valence-electron chi connectivity index (χ3n) is 12.4. The third kappa shape index (κ3) is 6.03. The highest BCUT2D eigenvalue weighted by Gasteiger charge is 2.30. The van der Waals surface area contributed by atoms with Crippen molar-refractivity contribution in [2.24, 2.45) is 0 Å². The molecule has 2 heterocycles. The molecule has 6 heteroatoms. The molecule has 0 bridgehead atoms. The number of fused-ring (bicyclic) bond motifs is 7. The summed E-state index contributed by atoms with van der Waals surface area (Å²) < 4.78 is 43.9. The second-order valence-electron chi connectivity index (χ2n) is 16.0. The van der Waals surface area contributed by atoms with Crippen LogP contribution in [0.15, 0.2) is 188 Å². The molecule has 0 unspecified atom stereocenters. The molecule has 0 radical (unpaired) electrons. The van der Waals surface area contributed by atoms with Crippen LogP contribution in [-0.4, -0.2) is 9.97 Å². The van der Waals surface area contributed by atoms with E-state index in [4.69, 9.17) is 9.97 Å². The summed E-state index contributed by atoms with van der Waals surface area (Å²) in [4.78, 5) is 10.6. The van der Waals surface area contributed by atoms with Gasteiger partial charge in [-0.25, -0.2) is 18.7 Å². The number of hydrogen-bond donors (Lipinski definition) is 0. The molecule has 0 atom stereocenters. The van der Waals surface area contributed by atoms with Gasteiger partial charge >= 0.3 is 0 Å². The van der Waals surface area contributed by atoms with Crippen molar-refractivity contribution in [2.45, 2.75) is 13.8 Å². The van der Waals surface area contributed by atoms with Crippen molar-refractivity contribution < 1.29 is 13.3 Å². The molecule has 0 spiro atoms. The standard InChI is InChI=1S/C56H37F2N2OP/c1-34-51-47-15-9-10-16-49(47)59-55(36-19-25-42(57)26-20-36)53(51)35(2)52-48-30-24-41(33-50(48)60-56(54(34)52)37-21-27-43(58)28-22-37)38-17-18-40-32-46(29-23-39(40)31-38)62(61,44-11-5-3-6-12-44)45-13-7-4-8-14-45/h3-33H,1-2H3. The van der Waals surface area contributed by atoms with Crippen LogP contribution >= 0.6 is 7.14 Å². The first-order valence-electron chi connectivity index (χ1n) is 20.6. The maximum atomic E-state index is 15.1. The van der Waals surface area contributed by atoms with Crippen LogP contribution in [0.5, 0.6) is 0 Å². The number of rotatable bonds is 6. The monoisotopic (exact) mass is 822 g/mol. The van der Waals surface area contributed by atoms with Crippen molar-refractivity contribution in [1.29, 1.82) is 0 Å². The van der Waals surface area contributed by atoms with Crippen LogP contribution in [0.2, 0.25) is 0 Å². The SMILES string of the molecule is Cc1c2c(-c3ccc(F)cc3)nc3cc(-c4ccc5cc(P(=O)(c6ccccc6)c6ccccc6)ccc5c4)ccc3c2c(C)c2c(-c3ccc(F)cc3)nc3ccccc3c12. The number of benzene rings is 9. The highest BCUT2D eigenvalue weighted by molar-refractivity contribution is 7.85. The molecule has 0 aliphatic heterocycles. The molecule has 0 aliphatic carbocycles. The lowest BCUT2D eigenvalue weighted by molar-refractivity contribution is 0.592. The van der Waals surface area contributed by atoms with E-state index in [1.807, 2.05) is 84.9 Å². The van der Waals surface area contributed by atoms with Crippen molar-refractivity contribution in [3.05, 3.63) is 211 Å². The van der Waals surface area contributed by atoms with Gasteiger partial charge in [0.1, 0.15) is 11.6 Å². The zero-order chi connectivity index (χ0) is 42.1. The molecule has 0 N–H and O–H groups in total. The summed E-state index contributed by atoms with van der Waals surface area (Å²) in [6, 6.07) is 59.7. The Balaban J connectivity index is 1.12. The number of pyridine rings is 2. The summed E-state index contributed by atoms with van der Waals surface area (Å²) in [6.45, 7) is 4.28. The van der Waals surface area contributed by atoms with Gasteiger partial charge in [-0.2, -0.15) is 0 Å². The normalized spacial score (nSPS) is 11.9. The maximum Gasteiger partial charge on any atom is 0.171 e. The fourth-order valence-corrected chi connectivity index (χ4v) is 12.1. The molecule has 296 valence electrons. The Bertz CT molecular complexity index is 3590. The van der Waals surface area contributed by atoms with Crippen molar-refractivity contribution >= 4 is 77.2 Å². The maximum absolute atomic E-state index is 15.1. The van der Waals surface area contributed by atoms with E-state index < -0.39 is 7.14 Å². The minimum atomic E-state index is -3.14. The molecule has 9 aromatic carbocycles. The lowest BCUT2D eigenvalue weighted by Crippen LogP contribution is -2.24. The summed E-state index contributed by atoms with van der Waals surface area (Å²) in [5.41, 5.74) is 8.93. The molecular formula is C56H37F2N2OP. The molecule has 0 saturated carbocycles. The summed E-state index contributed by atoms with van der Waals surface area (Å²) >= 11 is 0. The molecule has 11 rings (SSSR count). The van der Waals surface area contributed by atoms with Crippen LogP contribution in [0.4, 0.5) is 8.78 Å². The first-order chi connectivity index (χ1) is 30.3. The van der Waals surface area contributed by atoms with Crippen molar-refractivity contribution in [2.75, 3.05) is 0 Å². The lowest BCUT2D eigenvalue weighted by atomic mass is 9.85. The van der Waals surface area contributed by atoms with Gasteiger partial charge in [-0.3, -0.25) is 0 Å². The molecule has 0 aliphatic rings. The largest absolute Gasteiger partial charge is 0.309 e. The third-order valence-corrected chi connectivity index (χ3v) is 15.4. The van der Waals surface area contributed by atoms with E-state index in [2.05, 4.69) is 68.4 Å². The predicted molar refractivity (Wildman–Crippen MR) is 255 cm³/mol. The summed E-state index contributed by atoms with van der Waals surface area (Å²) in [6.07, 6.45) is 0. The lowest BCUT2D eigenvalue weighted by Gasteiger charge is -2.21. The average molecular weight is 823 g/mol. The van der Waals surface area contributed by atoms with Crippen molar-refractivity contribution in [3.8, 4) is 33.6 Å². The van der Waals surface area contributed by atoms with Gasteiger partial charge in [0.05, 0.1) is 22.4 Å². The van der Waals surface area contributed by atoms with Crippen LogP contribution in [0.1, 0.15) is 11.1 Å². The van der Waals surface area contributed by atoms with Crippen LogP contribution in [0.3, 0.4) is 0 Å². The Kier molecular flexibility index (Phi) is 8.92. The van der Waals surface area contributed by atoms with Gasteiger partial charge in [0.25, 0.3) is 0 Å². The quantitative estimate of drug-likeness (QED) is 0.0953. The molecular weight excluding hydrogens is 786 g/mol. The number of nitrogens with zero attached hydrogens (tertiary/aromatic N) is 2. The fourth-order valence-electron chi connectivity index (χ4n) is 9.38. The highest BCUT2D eigenvalue weighted by atomic mass is 31.2. The van der Waals surface area contributed by atoms with E-state index >= 15 is 4.57 Å². The van der Waals surface area contributed by atoms with E-state index in [1.54, 1.807) is 24.3 Å². The Hall–Kier alpha value is -7.33. The first kappa shape index (κ1) is 37.7. The summed E-state index contributed by atoms with van der Waals surface area (Å²) in [7, 11) is -3.14. The summed E-state index contributed by atoms with van der Waals surface area (Å²) in [5, 5.41) is 10.5. The minimum Gasteiger partial charge on any atom is -0.309 e. The Labute approximate surface area is 357 Å². The van der Waals surface area contributed by atoms with Crippen LogP contribution in [0.25, 0.3) is 87.8 Å². The Morgan fingerprint density at radius 3 is 1.44 bits per heavy atom. The minimum absolute atomic E-state index is 0.304. The molecule has 0 amide bonds. The first-order valence-corrected chi connectivity index (χ1v) is 22.3. The van der Waals surface area contributed by atoms with Gasteiger partial charge in [-0.05, 0) is 130 Å². The van der Waals surface area contributed by atoms with Gasteiger partial charge in [0, 0.05) is 48.6 Å². The van der Waals surface area contributed by atoms with Gasteiger partial charge in [-0.1, -0.05) is 115 Å². The van der Waals surface area contributed by atoms with Gasteiger partial charge in [0.15, 0.2) is 7.14 Å². The van der Waals surface area contributed by atoms with Gasteiger partial charge < -0.3 is 4.57 Å². The van der Waals surface area contributed by atoms with Gasteiger partial charge in [0.2, 0.25) is 0 Å². The smallest absolute Gasteiger partial charge is 0.171 e. The Morgan fingerprint density at radius 2 is 0.839 bits per heavy atom. The second kappa shape index (κ2) is 14.7. The van der Waals surface area contributed by atoms with Crippen molar-refractivity contribution in [3.63, 3.8) is 0 Å². The van der Waals surface area contributed by atoms with E-state index in [1.165, 1.54) is 24.3 Å². The fraction of sp³-hybridized carbons (Fsp3) is 0.0357. The van der Waals surface area contributed by atoms with Gasteiger partial charge in [-0.15, -0.1) is 0 Å². The number of aromatic nitrogens is 2. The second-order valence-corrected chi connectivity index (χ2v) is 18.7. The number of hydrogen-bond acceptors (Lipinski definition) is 3. The van der Waals surface area contributed by atoms with Crippen LogP contribution in [-0.2, 0) is 4.57 Å². The predicted octanol–water partition coefficient (Wildman–Crippen LogP) is 13.8.